The van der Waals surface area contributed by atoms with Crippen molar-refractivity contribution in [1.29, 1.82) is 0 Å². The maximum absolute atomic E-state index is 6.86. The number of anilines is 6. The summed E-state index contributed by atoms with van der Waals surface area (Å²) in [5, 5.41) is 25.9. The molecule has 23 aromatic rings. The Morgan fingerprint density at radius 3 is 1.23 bits per heavy atom. The van der Waals surface area contributed by atoms with Crippen LogP contribution in [-0.4, -0.2) is 0 Å². The van der Waals surface area contributed by atoms with Gasteiger partial charge in [-0.15, -0.1) is 0 Å². The summed E-state index contributed by atoms with van der Waals surface area (Å²) < 4.78 is 13.5. The normalized spacial score (nSPS) is 11.9. The van der Waals surface area contributed by atoms with Crippen LogP contribution in [0.25, 0.3) is 196 Å². The van der Waals surface area contributed by atoms with Crippen LogP contribution < -0.4 is 9.80 Å². The molecule has 0 radical (unpaired) electrons. The maximum atomic E-state index is 6.86. The Labute approximate surface area is 645 Å². The first-order valence-electron chi connectivity index (χ1n) is 38.5. The lowest BCUT2D eigenvalue weighted by atomic mass is 9.90. The van der Waals surface area contributed by atoms with E-state index in [1.807, 2.05) is 0 Å². The SMILES string of the molecule is c1cc(-c2ccc(N(c3ccc4cc(-c5cc6ccccc6c6ccccc56)ccc4c3)c3ccc4c(c3)oc3c5ccccc5ccc43)cc2)cc(-c2ccc3cc(-c4ccc5ccc(N(c6ccc(-c7cccc8ccccc78)cc6)c6ccc7oc8c9ccccc9ccc8c7c6)cc5c4)c4ccccc4c3c2)c1. The van der Waals surface area contributed by atoms with Gasteiger partial charge in [-0.3, -0.25) is 0 Å². The highest BCUT2D eigenvalue weighted by molar-refractivity contribution is 6.20. The molecule has 0 aliphatic heterocycles. The molecule has 0 N–H and O–H groups in total. The van der Waals surface area contributed by atoms with Crippen LogP contribution >= 0.6 is 0 Å². The zero-order valence-electron chi connectivity index (χ0n) is 60.8. The van der Waals surface area contributed by atoms with Crippen LogP contribution in [0.3, 0.4) is 0 Å². The summed E-state index contributed by atoms with van der Waals surface area (Å²) in [6.45, 7) is 0. The van der Waals surface area contributed by atoms with E-state index in [0.29, 0.717) is 0 Å². The van der Waals surface area contributed by atoms with Gasteiger partial charge >= 0.3 is 0 Å². The molecule has 21 aromatic carbocycles. The van der Waals surface area contributed by atoms with Gasteiger partial charge in [0.25, 0.3) is 0 Å². The Morgan fingerprint density at radius 2 is 0.545 bits per heavy atom. The molecule has 0 spiro atoms. The average molecular weight is 1420 g/mol. The molecule has 4 nitrogen and oxygen atoms in total. The Hall–Kier alpha value is -14.8. The Balaban J connectivity index is 0.581. The van der Waals surface area contributed by atoms with E-state index in [4.69, 9.17) is 8.83 Å². The van der Waals surface area contributed by atoms with Crippen molar-refractivity contribution >= 4 is 175 Å². The van der Waals surface area contributed by atoms with Crippen LogP contribution in [0.15, 0.2) is 409 Å². The summed E-state index contributed by atoms with van der Waals surface area (Å²) in [4.78, 5) is 4.76. The van der Waals surface area contributed by atoms with Gasteiger partial charge in [0, 0.05) is 72.5 Å². The second-order valence-electron chi connectivity index (χ2n) is 29.9. The highest BCUT2D eigenvalue weighted by Crippen LogP contribution is 2.47. The molecule has 0 saturated carbocycles. The van der Waals surface area contributed by atoms with Crippen molar-refractivity contribution in [3.8, 4) is 55.6 Å². The summed E-state index contributed by atoms with van der Waals surface area (Å²) in [6.07, 6.45) is 0. The predicted octanol–water partition coefficient (Wildman–Crippen LogP) is 31.1. The minimum atomic E-state index is 0.848. The van der Waals surface area contributed by atoms with Crippen LogP contribution in [0.5, 0.6) is 0 Å². The molecule has 0 fully saturated rings. The number of hydrogen-bond donors (Lipinski definition) is 0. The van der Waals surface area contributed by atoms with E-state index in [1.165, 1.54) is 92.5 Å². The average Bonchev–Trinajstić information content (AvgIpc) is 1.14. The van der Waals surface area contributed by atoms with Crippen molar-refractivity contribution in [2.24, 2.45) is 0 Å². The molecule has 0 amide bonds. The fourth-order valence-electron chi connectivity index (χ4n) is 18.0. The molecule has 0 atom stereocenters. The number of nitrogens with zero attached hydrogens (tertiary/aromatic N) is 2. The Bertz CT molecular complexity index is 7830. The zero-order chi connectivity index (χ0) is 73.5. The number of benzene rings is 21. The monoisotopic (exact) mass is 1420 g/mol. The van der Waals surface area contributed by atoms with E-state index in [1.54, 1.807) is 0 Å². The first kappa shape index (κ1) is 63.3. The molecular formula is C108H66N2O2. The number of rotatable bonds is 11. The highest BCUT2D eigenvalue weighted by Gasteiger charge is 2.23. The molecule has 0 aliphatic rings. The van der Waals surface area contributed by atoms with Crippen LogP contribution in [0.2, 0.25) is 0 Å². The number of furan rings is 2. The fourth-order valence-corrected chi connectivity index (χ4v) is 18.0. The van der Waals surface area contributed by atoms with Gasteiger partial charge in [-0.1, -0.05) is 267 Å². The van der Waals surface area contributed by atoms with Crippen LogP contribution in [0, 0.1) is 0 Å². The molecule has 0 unspecified atom stereocenters. The van der Waals surface area contributed by atoms with Gasteiger partial charge in [-0.2, -0.15) is 0 Å². The van der Waals surface area contributed by atoms with Crippen LogP contribution in [0.1, 0.15) is 0 Å². The first-order chi connectivity index (χ1) is 55.4. The standard InChI is InChI=1S/C108H66N2O2/c1-5-22-89-69(15-1)19-14-30-90(89)72-40-47-84(48-41-72)109(87-52-56-105-104(65-87)100-54-44-71-17-3-8-25-93(71)108(100)111-105)86-49-39-68-31-34-80(59-82(68)61-86)103-64-81-36-33-77(62-101(81)96-28-11-12-29-97(96)103)74-21-13-20-73(57-74)67-37-45-83(46-38-67)110(88-51-55-98-99-53-43-70-16-2-7-24-92(70)107(99)112-106(98)66-88)85-50-42-75-58-79(35-32-76(75)60-85)102-63-78-18-4-6-23-91(78)94-26-9-10-27-95(94)102/h1-66H. The van der Waals surface area contributed by atoms with Gasteiger partial charge in [-0.25, -0.2) is 0 Å². The first-order valence-corrected chi connectivity index (χ1v) is 38.5. The lowest BCUT2D eigenvalue weighted by molar-refractivity contribution is 0.672. The van der Waals surface area contributed by atoms with Gasteiger partial charge in [0.15, 0.2) is 0 Å². The summed E-state index contributed by atoms with van der Waals surface area (Å²) in [5.74, 6) is 0. The fraction of sp³-hybridized carbons (Fsp3) is 0. The van der Waals surface area contributed by atoms with Crippen LogP contribution in [0.4, 0.5) is 34.1 Å². The molecule has 23 rings (SSSR count). The lowest BCUT2D eigenvalue weighted by Gasteiger charge is -2.26. The third-order valence-electron chi connectivity index (χ3n) is 23.5. The summed E-state index contributed by atoms with van der Waals surface area (Å²) in [7, 11) is 0. The Morgan fingerprint density at radius 1 is 0.143 bits per heavy atom. The van der Waals surface area contributed by atoms with Gasteiger partial charge in [0.05, 0.1) is 0 Å². The second-order valence-corrected chi connectivity index (χ2v) is 29.9. The molecule has 2 heterocycles. The van der Waals surface area contributed by atoms with E-state index in [0.717, 1.165) is 138 Å². The molecule has 520 valence electrons. The van der Waals surface area contributed by atoms with Crippen LogP contribution in [-0.2, 0) is 0 Å². The second kappa shape index (κ2) is 25.4. The molecule has 0 bridgehead atoms. The van der Waals surface area contributed by atoms with Crippen molar-refractivity contribution in [2.45, 2.75) is 0 Å². The van der Waals surface area contributed by atoms with Crippen molar-refractivity contribution in [1.82, 2.24) is 0 Å². The number of hydrogen-bond acceptors (Lipinski definition) is 4. The lowest BCUT2D eigenvalue weighted by Crippen LogP contribution is -2.09. The largest absolute Gasteiger partial charge is 0.455 e. The topological polar surface area (TPSA) is 32.8 Å². The minimum absolute atomic E-state index is 0.848. The summed E-state index contributed by atoms with van der Waals surface area (Å²) >= 11 is 0. The third kappa shape index (κ3) is 10.4. The van der Waals surface area contributed by atoms with E-state index < -0.39 is 0 Å². The third-order valence-corrected chi connectivity index (χ3v) is 23.5. The highest BCUT2D eigenvalue weighted by atomic mass is 16.3. The van der Waals surface area contributed by atoms with E-state index in [-0.39, 0.29) is 0 Å². The maximum Gasteiger partial charge on any atom is 0.143 e. The molecule has 0 saturated heterocycles. The van der Waals surface area contributed by atoms with Crippen molar-refractivity contribution < 1.29 is 8.83 Å². The van der Waals surface area contributed by atoms with Crippen molar-refractivity contribution in [3.05, 3.63) is 400 Å². The van der Waals surface area contributed by atoms with E-state index >= 15 is 0 Å². The van der Waals surface area contributed by atoms with Gasteiger partial charge < -0.3 is 18.6 Å². The molecule has 112 heavy (non-hydrogen) atoms. The van der Waals surface area contributed by atoms with Gasteiger partial charge in [-0.05, 0) is 269 Å². The number of fused-ring (bicyclic) bond motifs is 19. The van der Waals surface area contributed by atoms with Gasteiger partial charge in [0.2, 0.25) is 0 Å². The zero-order valence-corrected chi connectivity index (χ0v) is 60.8. The quantitative estimate of drug-likeness (QED) is 0.121. The predicted molar refractivity (Wildman–Crippen MR) is 475 cm³/mol. The summed E-state index contributed by atoms with van der Waals surface area (Å²) in [6, 6.07) is 147. The molecule has 0 aliphatic carbocycles. The van der Waals surface area contributed by atoms with E-state index in [2.05, 4.69) is 410 Å². The van der Waals surface area contributed by atoms with Crippen molar-refractivity contribution in [3.63, 3.8) is 0 Å². The smallest absolute Gasteiger partial charge is 0.143 e. The van der Waals surface area contributed by atoms with Crippen molar-refractivity contribution in [2.75, 3.05) is 9.80 Å². The Kier molecular flexibility index (Phi) is 14.3. The minimum Gasteiger partial charge on any atom is -0.455 e. The molecule has 2 aromatic heterocycles. The molecule has 4 heteroatoms. The van der Waals surface area contributed by atoms with E-state index in [9.17, 15) is 0 Å². The summed E-state index contributed by atoms with van der Waals surface area (Å²) in [5.41, 5.74) is 21.6. The van der Waals surface area contributed by atoms with Gasteiger partial charge in [0.1, 0.15) is 22.3 Å². The molecular weight excluding hydrogens is 1360 g/mol.